The van der Waals surface area contributed by atoms with Crippen LogP contribution in [0.25, 0.3) is 64.2 Å². The number of nitrogens with zero attached hydrogens (tertiary/aromatic N) is 3. The maximum Gasteiger partial charge on any atom is 0.234 e. The summed E-state index contributed by atoms with van der Waals surface area (Å²) in [5, 5.41) is 8.66. The molecule has 0 spiro atoms. The SMILES string of the molecule is C1=CCCC(C2N=C(n3c4ccccc4c4ccc(-c5cccc(-c6cccc7c6sc6ccccc67)c5)cc43)N=C(c3ccccc3)N2)=C1. The molecule has 0 amide bonds. The van der Waals surface area contributed by atoms with E-state index in [4.69, 9.17) is 9.98 Å². The van der Waals surface area contributed by atoms with E-state index in [1.165, 1.54) is 53.2 Å². The third-order valence-electron chi connectivity index (χ3n) is 9.96. The number of rotatable bonds is 4. The van der Waals surface area contributed by atoms with E-state index in [0.29, 0.717) is 5.96 Å². The van der Waals surface area contributed by atoms with Gasteiger partial charge in [0.05, 0.1) is 11.0 Å². The summed E-state index contributed by atoms with van der Waals surface area (Å²) in [5.41, 5.74) is 9.32. The van der Waals surface area contributed by atoms with Crippen LogP contribution in [0.15, 0.2) is 173 Å². The monoisotopic (exact) mass is 660 g/mol. The van der Waals surface area contributed by atoms with Crippen molar-refractivity contribution < 1.29 is 0 Å². The first-order valence-corrected chi connectivity index (χ1v) is 18.0. The molecule has 1 atom stereocenters. The molecule has 0 radical (unpaired) electrons. The molecular weight excluding hydrogens is 629 g/mol. The second kappa shape index (κ2) is 11.8. The van der Waals surface area contributed by atoms with E-state index in [-0.39, 0.29) is 6.17 Å². The lowest BCUT2D eigenvalue weighted by Gasteiger charge is -2.26. The molecule has 0 saturated carbocycles. The summed E-state index contributed by atoms with van der Waals surface area (Å²) in [6.07, 6.45) is 8.35. The van der Waals surface area contributed by atoms with Gasteiger partial charge < -0.3 is 5.32 Å². The molecule has 1 aliphatic carbocycles. The predicted octanol–water partition coefficient (Wildman–Crippen LogP) is 11.4. The van der Waals surface area contributed by atoms with Crippen LogP contribution in [0.5, 0.6) is 0 Å². The van der Waals surface area contributed by atoms with Gasteiger partial charge in [0.15, 0.2) is 0 Å². The Bertz CT molecular complexity index is 2740. The van der Waals surface area contributed by atoms with Crippen molar-refractivity contribution in [1.29, 1.82) is 0 Å². The molecule has 238 valence electrons. The van der Waals surface area contributed by atoms with Crippen molar-refractivity contribution in [1.82, 2.24) is 9.88 Å². The molecule has 2 aromatic heterocycles. The van der Waals surface area contributed by atoms with Crippen molar-refractivity contribution in [2.75, 3.05) is 0 Å². The number of benzene rings is 6. The van der Waals surface area contributed by atoms with Crippen LogP contribution in [0.3, 0.4) is 0 Å². The Morgan fingerprint density at radius 2 is 1.36 bits per heavy atom. The summed E-state index contributed by atoms with van der Waals surface area (Å²) in [4.78, 5) is 10.5. The molecule has 50 heavy (non-hydrogen) atoms. The first-order chi connectivity index (χ1) is 24.8. The molecule has 5 heteroatoms. The van der Waals surface area contributed by atoms with Crippen LogP contribution in [-0.2, 0) is 0 Å². The number of amidine groups is 1. The van der Waals surface area contributed by atoms with Gasteiger partial charge in [-0.3, -0.25) is 4.57 Å². The van der Waals surface area contributed by atoms with Crippen LogP contribution in [0.2, 0.25) is 0 Å². The Morgan fingerprint density at radius 1 is 0.620 bits per heavy atom. The molecule has 1 unspecified atom stereocenters. The number of para-hydroxylation sites is 1. The van der Waals surface area contributed by atoms with E-state index in [1.807, 2.05) is 17.4 Å². The fourth-order valence-corrected chi connectivity index (χ4v) is 8.76. The summed E-state index contributed by atoms with van der Waals surface area (Å²) < 4.78 is 4.91. The molecule has 1 aliphatic heterocycles. The smallest absolute Gasteiger partial charge is 0.234 e. The van der Waals surface area contributed by atoms with Crippen molar-refractivity contribution in [3.05, 3.63) is 169 Å². The lowest BCUT2D eigenvalue weighted by atomic mass is 9.97. The minimum atomic E-state index is -0.199. The molecule has 6 aromatic carbocycles. The van der Waals surface area contributed by atoms with Crippen LogP contribution in [0.1, 0.15) is 18.4 Å². The van der Waals surface area contributed by atoms with Gasteiger partial charge in [-0.15, -0.1) is 11.3 Å². The van der Waals surface area contributed by atoms with Crippen LogP contribution < -0.4 is 5.32 Å². The highest BCUT2D eigenvalue weighted by atomic mass is 32.1. The number of allylic oxidation sites excluding steroid dienone is 3. The van der Waals surface area contributed by atoms with Gasteiger partial charge in [0.2, 0.25) is 5.96 Å². The van der Waals surface area contributed by atoms with E-state index in [2.05, 4.69) is 162 Å². The number of fused-ring (bicyclic) bond motifs is 6. The topological polar surface area (TPSA) is 41.7 Å². The van der Waals surface area contributed by atoms with Gasteiger partial charge in [0.25, 0.3) is 0 Å². The van der Waals surface area contributed by atoms with E-state index in [1.54, 1.807) is 0 Å². The molecule has 0 fully saturated rings. The highest BCUT2D eigenvalue weighted by Gasteiger charge is 2.25. The van der Waals surface area contributed by atoms with Crippen molar-refractivity contribution in [2.24, 2.45) is 9.98 Å². The van der Waals surface area contributed by atoms with E-state index in [9.17, 15) is 0 Å². The number of thiophene rings is 1. The normalized spacial score (nSPS) is 16.1. The van der Waals surface area contributed by atoms with E-state index in [0.717, 1.165) is 40.8 Å². The Labute approximate surface area is 294 Å². The van der Waals surface area contributed by atoms with Gasteiger partial charge in [0.1, 0.15) is 12.0 Å². The molecular formula is C45H32N4S. The maximum atomic E-state index is 5.31. The Hall–Kier alpha value is -6.04. The zero-order valence-corrected chi connectivity index (χ0v) is 28.1. The number of hydrogen-bond donors (Lipinski definition) is 1. The second-order valence-corrected chi connectivity index (χ2v) is 14.0. The summed E-state index contributed by atoms with van der Waals surface area (Å²) in [7, 11) is 0. The van der Waals surface area contributed by atoms with Gasteiger partial charge >= 0.3 is 0 Å². The standard InChI is InChI=1S/C45H32N4S/c1-3-13-29(14-4-1)43-46-44(30-15-5-2-6-16-30)48-45(47-43)49-39-23-9-7-19-35(39)36-26-25-32(28-40(36)49)31-17-11-18-33(27-31)34-21-12-22-38-37-20-8-10-24-41(37)50-42(34)38/h1-5,7-15,17-28,44H,6,16H2,(H,46,47,48). The Morgan fingerprint density at radius 3 is 2.26 bits per heavy atom. The Kier molecular flexibility index (Phi) is 6.84. The fraction of sp³-hybridized carbons (Fsp3) is 0.0667. The lowest BCUT2D eigenvalue weighted by molar-refractivity contribution is 0.673. The van der Waals surface area contributed by atoms with Gasteiger partial charge in [-0.25, -0.2) is 4.99 Å². The number of aliphatic imine (C=N–C) groups is 2. The summed E-state index contributed by atoms with van der Waals surface area (Å²) in [6, 6.07) is 50.2. The summed E-state index contributed by atoms with van der Waals surface area (Å²) in [5.74, 6) is 1.53. The van der Waals surface area contributed by atoms with Crippen LogP contribution >= 0.6 is 11.3 Å². The molecule has 8 aromatic rings. The minimum Gasteiger partial charge on any atom is -0.344 e. The third kappa shape index (κ3) is 4.81. The van der Waals surface area contributed by atoms with Crippen molar-refractivity contribution >= 4 is 65.1 Å². The van der Waals surface area contributed by atoms with Crippen molar-refractivity contribution in [3.63, 3.8) is 0 Å². The van der Waals surface area contributed by atoms with E-state index >= 15 is 0 Å². The van der Waals surface area contributed by atoms with Gasteiger partial charge in [-0.1, -0.05) is 133 Å². The first kappa shape index (κ1) is 28.9. The average Bonchev–Trinajstić information content (AvgIpc) is 3.74. The first-order valence-electron chi connectivity index (χ1n) is 17.2. The van der Waals surface area contributed by atoms with Crippen LogP contribution in [-0.4, -0.2) is 22.5 Å². The summed E-state index contributed by atoms with van der Waals surface area (Å²) in [6.45, 7) is 0. The molecule has 2 aliphatic rings. The largest absolute Gasteiger partial charge is 0.344 e. The van der Waals surface area contributed by atoms with Gasteiger partial charge in [0, 0.05) is 36.5 Å². The van der Waals surface area contributed by atoms with Gasteiger partial charge in [-0.2, -0.15) is 4.99 Å². The zero-order valence-electron chi connectivity index (χ0n) is 27.3. The third-order valence-corrected chi connectivity index (χ3v) is 11.2. The second-order valence-electron chi connectivity index (χ2n) is 13.0. The molecule has 3 heterocycles. The van der Waals surface area contributed by atoms with Crippen LogP contribution in [0, 0.1) is 0 Å². The number of nitrogens with one attached hydrogen (secondary N) is 1. The molecule has 4 nitrogen and oxygen atoms in total. The average molecular weight is 661 g/mol. The number of aromatic nitrogens is 1. The highest BCUT2D eigenvalue weighted by molar-refractivity contribution is 7.26. The molecule has 10 rings (SSSR count). The summed E-state index contributed by atoms with van der Waals surface area (Å²) >= 11 is 1.87. The molecule has 1 N–H and O–H groups in total. The Balaban J connectivity index is 1.14. The predicted molar refractivity (Wildman–Crippen MR) is 212 cm³/mol. The quantitative estimate of drug-likeness (QED) is 0.201. The number of hydrogen-bond acceptors (Lipinski definition) is 4. The van der Waals surface area contributed by atoms with Gasteiger partial charge in [-0.05, 0) is 64.9 Å². The maximum absolute atomic E-state index is 5.31. The zero-order chi connectivity index (χ0) is 33.0. The lowest BCUT2D eigenvalue weighted by Crippen LogP contribution is -2.41. The highest BCUT2D eigenvalue weighted by Crippen LogP contribution is 2.41. The molecule has 0 saturated heterocycles. The fourth-order valence-electron chi connectivity index (χ4n) is 7.52. The van der Waals surface area contributed by atoms with Crippen molar-refractivity contribution in [2.45, 2.75) is 19.0 Å². The molecule has 0 bridgehead atoms. The van der Waals surface area contributed by atoms with Crippen molar-refractivity contribution in [3.8, 4) is 22.3 Å². The van der Waals surface area contributed by atoms with Crippen LogP contribution in [0.4, 0.5) is 0 Å². The van der Waals surface area contributed by atoms with E-state index < -0.39 is 0 Å². The minimum absolute atomic E-state index is 0.199.